The molecule has 3 aromatic rings. The normalized spacial score (nSPS) is 11.0. The third-order valence-corrected chi connectivity index (χ3v) is 4.72. The molecule has 0 unspecified atom stereocenters. The SMILES string of the molecule is COCC(=O)Nc1ccc(-n2nc(OCC(C)C)nc2-c2ccc(Cl)c(Cl)c2)cc1. The molecule has 0 atom stereocenters. The first kappa shape index (κ1) is 22.1. The molecule has 0 bridgehead atoms. The fourth-order valence-corrected chi connectivity index (χ4v) is 2.91. The van der Waals surface area contributed by atoms with Gasteiger partial charge >= 0.3 is 6.01 Å². The van der Waals surface area contributed by atoms with Crippen LogP contribution in [0.4, 0.5) is 5.69 Å². The van der Waals surface area contributed by atoms with E-state index in [0.29, 0.717) is 34.1 Å². The van der Waals surface area contributed by atoms with Crippen molar-refractivity contribution < 1.29 is 14.3 Å². The molecule has 1 aromatic heterocycles. The number of aromatic nitrogens is 3. The lowest BCUT2D eigenvalue weighted by atomic mass is 10.2. The van der Waals surface area contributed by atoms with E-state index in [1.807, 2.05) is 32.0 Å². The predicted octanol–water partition coefficient (Wildman–Crippen LogP) is 4.86. The predicted molar refractivity (Wildman–Crippen MR) is 118 cm³/mol. The molecule has 0 aliphatic carbocycles. The van der Waals surface area contributed by atoms with Gasteiger partial charge in [-0.25, -0.2) is 4.68 Å². The molecule has 0 aliphatic heterocycles. The van der Waals surface area contributed by atoms with Crippen LogP contribution in [0.2, 0.25) is 10.0 Å². The van der Waals surface area contributed by atoms with Gasteiger partial charge in [0, 0.05) is 18.4 Å². The molecule has 9 heteroatoms. The Bertz CT molecular complexity index is 1020. The molecule has 0 spiro atoms. The van der Waals surface area contributed by atoms with E-state index in [4.69, 9.17) is 32.7 Å². The third kappa shape index (κ3) is 5.50. The van der Waals surface area contributed by atoms with Crippen molar-refractivity contribution in [2.75, 3.05) is 25.6 Å². The number of carbonyl (C=O) groups excluding carboxylic acids is 1. The maximum atomic E-state index is 11.7. The second-order valence-corrected chi connectivity index (χ2v) is 7.81. The minimum absolute atomic E-state index is 0.0111. The van der Waals surface area contributed by atoms with E-state index in [1.165, 1.54) is 7.11 Å². The Hall–Kier alpha value is -2.61. The molecule has 3 rings (SSSR count). The molecule has 1 amide bonds. The fraction of sp³-hybridized carbons (Fsp3) is 0.286. The van der Waals surface area contributed by atoms with Crippen molar-refractivity contribution in [2.45, 2.75) is 13.8 Å². The van der Waals surface area contributed by atoms with Gasteiger partial charge in [0.2, 0.25) is 5.91 Å². The molecule has 0 saturated heterocycles. The van der Waals surface area contributed by atoms with Crippen LogP contribution in [0.1, 0.15) is 13.8 Å². The zero-order chi connectivity index (χ0) is 21.7. The second-order valence-electron chi connectivity index (χ2n) is 6.99. The van der Waals surface area contributed by atoms with E-state index in [0.717, 1.165) is 11.3 Å². The Morgan fingerprint density at radius 2 is 1.87 bits per heavy atom. The van der Waals surface area contributed by atoms with Crippen LogP contribution in [0.3, 0.4) is 0 Å². The first-order valence-electron chi connectivity index (χ1n) is 9.32. The van der Waals surface area contributed by atoms with Crippen LogP contribution in [-0.2, 0) is 9.53 Å². The highest BCUT2D eigenvalue weighted by Gasteiger charge is 2.16. The Kier molecular flexibility index (Phi) is 7.31. The summed E-state index contributed by atoms with van der Waals surface area (Å²) in [5.74, 6) is 0.663. The number of halogens is 2. The Morgan fingerprint density at radius 3 is 2.50 bits per heavy atom. The van der Waals surface area contributed by atoms with Crippen LogP contribution in [0.5, 0.6) is 6.01 Å². The number of nitrogens with one attached hydrogen (secondary N) is 1. The molecule has 158 valence electrons. The number of methoxy groups -OCH3 is 1. The zero-order valence-electron chi connectivity index (χ0n) is 16.9. The van der Waals surface area contributed by atoms with Gasteiger partial charge in [-0.15, -0.1) is 5.10 Å². The van der Waals surface area contributed by atoms with Crippen molar-refractivity contribution in [3.63, 3.8) is 0 Å². The van der Waals surface area contributed by atoms with E-state index in [9.17, 15) is 4.79 Å². The number of nitrogens with zero attached hydrogens (tertiary/aromatic N) is 3. The number of hydrogen-bond donors (Lipinski definition) is 1. The van der Waals surface area contributed by atoms with Gasteiger partial charge in [0.15, 0.2) is 5.82 Å². The van der Waals surface area contributed by atoms with Crippen LogP contribution < -0.4 is 10.1 Å². The Labute approximate surface area is 184 Å². The number of ether oxygens (including phenoxy) is 2. The molecule has 1 N–H and O–H groups in total. The molecule has 0 saturated carbocycles. The molecule has 0 aliphatic rings. The minimum atomic E-state index is -0.230. The molecular weight excluding hydrogens is 427 g/mol. The summed E-state index contributed by atoms with van der Waals surface area (Å²) >= 11 is 12.2. The monoisotopic (exact) mass is 448 g/mol. The Morgan fingerprint density at radius 1 is 1.13 bits per heavy atom. The molecule has 0 radical (unpaired) electrons. The maximum absolute atomic E-state index is 11.7. The molecule has 30 heavy (non-hydrogen) atoms. The highest BCUT2D eigenvalue weighted by Crippen LogP contribution is 2.30. The van der Waals surface area contributed by atoms with Crippen LogP contribution >= 0.6 is 23.2 Å². The van der Waals surface area contributed by atoms with Gasteiger partial charge in [-0.3, -0.25) is 4.79 Å². The van der Waals surface area contributed by atoms with E-state index in [1.54, 1.807) is 28.9 Å². The van der Waals surface area contributed by atoms with Crippen LogP contribution in [-0.4, -0.2) is 41.0 Å². The van der Waals surface area contributed by atoms with Gasteiger partial charge in [-0.1, -0.05) is 37.0 Å². The average Bonchev–Trinajstić information content (AvgIpc) is 3.13. The quantitative estimate of drug-likeness (QED) is 0.532. The van der Waals surface area contributed by atoms with Gasteiger partial charge in [-0.2, -0.15) is 4.98 Å². The summed E-state index contributed by atoms with van der Waals surface area (Å²) in [6.07, 6.45) is 0. The minimum Gasteiger partial charge on any atom is -0.462 e. The lowest BCUT2D eigenvalue weighted by Crippen LogP contribution is -2.17. The molecule has 1 heterocycles. The highest BCUT2D eigenvalue weighted by molar-refractivity contribution is 6.42. The van der Waals surface area contributed by atoms with Crippen LogP contribution in [0.25, 0.3) is 17.1 Å². The van der Waals surface area contributed by atoms with Crippen molar-refractivity contribution >= 4 is 34.8 Å². The lowest BCUT2D eigenvalue weighted by molar-refractivity contribution is -0.119. The first-order chi connectivity index (χ1) is 14.4. The summed E-state index contributed by atoms with van der Waals surface area (Å²) in [6, 6.07) is 12.7. The summed E-state index contributed by atoms with van der Waals surface area (Å²) < 4.78 is 12.2. The number of amides is 1. The summed E-state index contributed by atoms with van der Waals surface area (Å²) in [7, 11) is 1.47. The number of carbonyl (C=O) groups is 1. The second kappa shape index (κ2) is 9.93. The highest BCUT2D eigenvalue weighted by atomic mass is 35.5. The van der Waals surface area contributed by atoms with Crippen LogP contribution in [0, 0.1) is 5.92 Å². The lowest BCUT2D eigenvalue weighted by Gasteiger charge is -2.09. The van der Waals surface area contributed by atoms with Crippen LogP contribution in [0.15, 0.2) is 42.5 Å². The van der Waals surface area contributed by atoms with Crippen molar-refractivity contribution in [1.82, 2.24) is 14.8 Å². The topological polar surface area (TPSA) is 78.3 Å². The zero-order valence-corrected chi connectivity index (χ0v) is 18.4. The fourth-order valence-electron chi connectivity index (χ4n) is 2.61. The van der Waals surface area contributed by atoms with Crippen molar-refractivity contribution in [1.29, 1.82) is 0 Å². The smallest absolute Gasteiger partial charge is 0.336 e. The number of hydrogen-bond acceptors (Lipinski definition) is 5. The summed E-state index contributed by atoms with van der Waals surface area (Å²) in [6.45, 7) is 4.58. The molecular formula is C21H22Cl2N4O3. The average molecular weight is 449 g/mol. The van der Waals surface area contributed by atoms with Crippen molar-refractivity contribution in [3.8, 4) is 23.1 Å². The molecule has 0 fully saturated rings. The standard InChI is InChI=1S/C21H22Cl2N4O3/c1-13(2)11-30-21-25-20(14-4-9-17(22)18(23)10-14)27(26-21)16-7-5-15(6-8-16)24-19(28)12-29-3/h4-10,13H,11-12H2,1-3H3,(H,24,28). The summed E-state index contributed by atoms with van der Waals surface area (Å²) in [5.41, 5.74) is 2.13. The van der Waals surface area contributed by atoms with Gasteiger partial charge in [-0.05, 0) is 48.4 Å². The van der Waals surface area contributed by atoms with Gasteiger partial charge in [0.1, 0.15) is 6.61 Å². The molecule has 2 aromatic carbocycles. The van der Waals surface area contributed by atoms with E-state index < -0.39 is 0 Å². The van der Waals surface area contributed by atoms with Crippen molar-refractivity contribution in [2.24, 2.45) is 5.92 Å². The largest absolute Gasteiger partial charge is 0.462 e. The summed E-state index contributed by atoms with van der Waals surface area (Å²) in [5, 5.41) is 8.13. The van der Waals surface area contributed by atoms with Gasteiger partial charge in [0.25, 0.3) is 0 Å². The van der Waals surface area contributed by atoms with E-state index >= 15 is 0 Å². The first-order valence-corrected chi connectivity index (χ1v) is 10.1. The van der Waals surface area contributed by atoms with Crippen molar-refractivity contribution in [3.05, 3.63) is 52.5 Å². The number of benzene rings is 2. The van der Waals surface area contributed by atoms with E-state index in [-0.39, 0.29) is 18.5 Å². The Balaban J connectivity index is 1.95. The number of rotatable bonds is 8. The third-order valence-electron chi connectivity index (χ3n) is 3.98. The molecule has 7 nitrogen and oxygen atoms in total. The van der Waals surface area contributed by atoms with Gasteiger partial charge in [0.05, 0.1) is 22.3 Å². The maximum Gasteiger partial charge on any atom is 0.336 e. The number of anilines is 1. The van der Waals surface area contributed by atoms with Gasteiger partial charge < -0.3 is 14.8 Å². The van der Waals surface area contributed by atoms with E-state index in [2.05, 4.69) is 15.4 Å². The summed E-state index contributed by atoms with van der Waals surface area (Å²) in [4.78, 5) is 16.2.